The highest BCUT2D eigenvalue weighted by molar-refractivity contribution is 5.76. The summed E-state index contributed by atoms with van der Waals surface area (Å²) >= 11 is 0. The van der Waals surface area contributed by atoms with Crippen LogP contribution in [0.5, 0.6) is 0 Å². The zero-order valence-electron chi connectivity index (χ0n) is 47.1. The van der Waals surface area contributed by atoms with Gasteiger partial charge in [-0.2, -0.15) is 0 Å². The molecular weight excluding hydrogens is 1000 g/mol. The van der Waals surface area contributed by atoms with Gasteiger partial charge in [0.1, 0.15) is 0 Å². The second-order valence-corrected chi connectivity index (χ2v) is 21.7. The molecule has 0 radical (unpaired) electrons. The number of aryl methyl sites for hydroxylation is 3. The molecule has 8 aromatic carbocycles. The Morgan fingerprint density at radius 2 is 0.807 bits per heavy atom. The molecule has 0 saturated carbocycles. The Labute approximate surface area is 491 Å². The highest BCUT2D eigenvalue weighted by Gasteiger charge is 2.20. The predicted octanol–water partition coefficient (Wildman–Crippen LogP) is 20.9. The number of rotatable bonds is 22. The zero-order valence-corrected chi connectivity index (χ0v) is 47.1. The lowest BCUT2D eigenvalue weighted by molar-refractivity contribution is 0.478. The van der Waals surface area contributed by atoms with E-state index >= 15 is 0 Å². The van der Waals surface area contributed by atoms with Gasteiger partial charge in [-0.05, 0) is 147 Å². The zero-order chi connectivity index (χ0) is 56.1. The maximum atomic E-state index is 6.36. The van der Waals surface area contributed by atoms with Crippen LogP contribution in [-0.4, -0.2) is 10.2 Å². The molecule has 0 spiro atoms. The number of nitrogens with zero attached hydrogens (tertiary/aromatic N) is 2. The fraction of sp³-hybridized carbons (Fsp3) is 0.125. The van der Waals surface area contributed by atoms with E-state index in [0.717, 1.165) is 56.9 Å². The smallest absolute Gasteiger partial charge is 0.247 e. The molecule has 2 aliphatic carbocycles. The van der Waals surface area contributed by atoms with Gasteiger partial charge in [-0.25, -0.2) is 0 Å². The van der Waals surface area contributed by atoms with Crippen LogP contribution in [0.15, 0.2) is 259 Å². The molecule has 0 saturated heterocycles. The third kappa shape index (κ3) is 16.9. The molecule has 3 nitrogen and oxygen atoms in total. The summed E-state index contributed by atoms with van der Waals surface area (Å²) in [5.74, 6) is 1.84. The van der Waals surface area contributed by atoms with Crippen molar-refractivity contribution in [1.29, 1.82) is 0 Å². The highest BCUT2D eigenvalue weighted by Crippen LogP contribution is 2.32. The van der Waals surface area contributed by atoms with Crippen molar-refractivity contribution in [2.75, 3.05) is 0 Å². The van der Waals surface area contributed by atoms with E-state index in [1.165, 1.54) is 83.5 Å². The molecule has 2 unspecified atom stereocenters. The first-order valence-electron chi connectivity index (χ1n) is 29.4. The molecular formula is C80H70N2O. The lowest BCUT2D eigenvalue weighted by atomic mass is 9.90. The minimum absolute atomic E-state index is 0.0854. The summed E-state index contributed by atoms with van der Waals surface area (Å²) in [6.07, 6.45) is 49.8. The van der Waals surface area contributed by atoms with Crippen molar-refractivity contribution in [2.45, 2.75) is 57.3 Å². The van der Waals surface area contributed by atoms with Crippen LogP contribution in [0.1, 0.15) is 122 Å². The number of hydrogen-bond donors (Lipinski definition) is 0. The molecule has 0 bridgehead atoms. The number of hydrogen-bond acceptors (Lipinski definition) is 3. The van der Waals surface area contributed by atoms with Gasteiger partial charge in [-0.3, -0.25) is 0 Å². The van der Waals surface area contributed by atoms with Crippen molar-refractivity contribution in [3.8, 4) is 11.5 Å². The van der Waals surface area contributed by atoms with E-state index in [0.29, 0.717) is 17.7 Å². The molecule has 3 heteroatoms. The van der Waals surface area contributed by atoms with E-state index < -0.39 is 0 Å². The lowest BCUT2D eigenvalue weighted by Gasteiger charge is -2.15. The van der Waals surface area contributed by atoms with Crippen LogP contribution in [0.25, 0.3) is 78.3 Å². The van der Waals surface area contributed by atoms with Gasteiger partial charge in [0.25, 0.3) is 0 Å². The van der Waals surface area contributed by atoms with E-state index in [9.17, 15) is 0 Å². The first-order chi connectivity index (χ1) is 41.0. The van der Waals surface area contributed by atoms with Gasteiger partial charge in [0.15, 0.2) is 0 Å². The molecule has 1 heterocycles. The van der Waals surface area contributed by atoms with Crippen LogP contribution in [0, 0.1) is 5.92 Å². The average molecular weight is 1080 g/mol. The van der Waals surface area contributed by atoms with E-state index in [4.69, 9.17) is 4.42 Å². The SMILES string of the molecule is C1=CCC(/C=C/c2ccc(/C=C/c3ccc(/C=C/c4ccc(CCCC5=CC=CC(c6nnc(-c7cccc(CCCc8ccc(/C=C/c9ccc(/C=C/c%10ccc(/C=C/c%11ccccc%11)cc%10)cc9)cc8)c7)o6)C5)cc4)cc3)cc2)C=C1. The molecule has 1 aromatic heterocycles. The Morgan fingerprint density at radius 3 is 1.28 bits per heavy atom. The summed E-state index contributed by atoms with van der Waals surface area (Å²) in [7, 11) is 0. The van der Waals surface area contributed by atoms with Gasteiger partial charge in [-0.15, -0.1) is 10.2 Å². The monoisotopic (exact) mass is 1070 g/mol. The van der Waals surface area contributed by atoms with Crippen LogP contribution < -0.4 is 0 Å². The molecule has 0 fully saturated rings. The van der Waals surface area contributed by atoms with E-state index in [1.807, 2.05) is 6.07 Å². The minimum atomic E-state index is 0.0854. The van der Waals surface area contributed by atoms with Crippen LogP contribution in [0.3, 0.4) is 0 Å². The number of benzene rings is 8. The Hall–Kier alpha value is -9.70. The van der Waals surface area contributed by atoms with Crippen LogP contribution in [0.2, 0.25) is 0 Å². The summed E-state index contributed by atoms with van der Waals surface area (Å²) in [4.78, 5) is 0. The van der Waals surface area contributed by atoms with E-state index in [2.05, 4.69) is 320 Å². The van der Waals surface area contributed by atoms with Crippen molar-refractivity contribution in [3.05, 3.63) is 338 Å². The standard InChI is InChI=1S/C80H70N2O/c1-3-11-61(12-4-1)23-29-65-35-41-69(42-36-65)47-53-73-55-49-71(50-56-73)45-39-67-31-25-63(26-32-67)15-7-17-75-19-9-21-77(59-75)79-81-82-80(83-79)78-22-10-20-76(60-78)18-8-16-64-27-33-68(34-28-64)40-46-72-51-57-74(58-52-72)54-48-70-43-37-66(38-44-70)30-24-62-13-5-2-6-14-62/h1-6,9-13,19-59,62,78H,7-8,14-18,60H2/b29-23+,30-24+,45-39+,46-40+,53-47+,54-48+. The molecule has 0 amide bonds. The Kier molecular flexibility index (Phi) is 19.0. The van der Waals surface area contributed by atoms with Crippen LogP contribution in [0.4, 0.5) is 0 Å². The number of aromatic nitrogens is 2. The van der Waals surface area contributed by atoms with Gasteiger partial charge in [0.2, 0.25) is 11.8 Å². The Balaban J connectivity index is 0.577. The summed E-state index contributed by atoms with van der Waals surface area (Å²) in [5.41, 5.74) is 19.5. The maximum Gasteiger partial charge on any atom is 0.247 e. The molecule has 11 rings (SSSR count). The lowest BCUT2D eigenvalue weighted by Crippen LogP contribution is -2.02. The van der Waals surface area contributed by atoms with Gasteiger partial charge < -0.3 is 4.42 Å². The minimum Gasteiger partial charge on any atom is -0.420 e. The van der Waals surface area contributed by atoms with Crippen molar-refractivity contribution in [2.24, 2.45) is 5.92 Å². The highest BCUT2D eigenvalue weighted by atomic mass is 16.4. The third-order valence-electron chi connectivity index (χ3n) is 15.4. The molecule has 2 atom stereocenters. The molecule has 406 valence electrons. The van der Waals surface area contributed by atoms with Gasteiger partial charge >= 0.3 is 0 Å². The van der Waals surface area contributed by atoms with E-state index in [-0.39, 0.29) is 5.92 Å². The maximum absolute atomic E-state index is 6.36. The predicted molar refractivity (Wildman–Crippen MR) is 354 cm³/mol. The van der Waals surface area contributed by atoms with Crippen LogP contribution >= 0.6 is 0 Å². The van der Waals surface area contributed by atoms with Crippen molar-refractivity contribution in [1.82, 2.24) is 10.2 Å². The van der Waals surface area contributed by atoms with Crippen molar-refractivity contribution in [3.63, 3.8) is 0 Å². The molecule has 0 aliphatic heterocycles. The Morgan fingerprint density at radius 1 is 0.373 bits per heavy atom. The van der Waals surface area contributed by atoms with Gasteiger partial charge in [0.05, 0.1) is 5.92 Å². The topological polar surface area (TPSA) is 38.9 Å². The summed E-state index contributed by atoms with van der Waals surface area (Å²) in [6, 6.07) is 71.7. The van der Waals surface area contributed by atoms with E-state index in [1.54, 1.807) is 0 Å². The molecule has 2 aliphatic rings. The fourth-order valence-electron chi connectivity index (χ4n) is 10.4. The first-order valence-corrected chi connectivity index (χ1v) is 29.4. The quantitative estimate of drug-likeness (QED) is 0.0635. The third-order valence-corrected chi connectivity index (χ3v) is 15.4. The average Bonchev–Trinajstić information content (AvgIpc) is 4.06. The summed E-state index contributed by atoms with van der Waals surface area (Å²) in [6.45, 7) is 0. The van der Waals surface area contributed by atoms with Gasteiger partial charge in [-0.1, -0.05) is 309 Å². The second-order valence-electron chi connectivity index (χ2n) is 21.7. The second kappa shape index (κ2) is 28.6. The number of allylic oxidation sites excluding steroid dienone is 9. The molecule has 0 N–H and O–H groups in total. The summed E-state index contributed by atoms with van der Waals surface area (Å²) in [5, 5.41) is 9.06. The summed E-state index contributed by atoms with van der Waals surface area (Å²) < 4.78 is 6.36. The molecule has 83 heavy (non-hydrogen) atoms. The molecule has 9 aromatic rings. The van der Waals surface area contributed by atoms with Crippen LogP contribution in [-0.2, 0) is 19.3 Å². The first kappa shape index (κ1) is 55.2. The normalized spacial score (nSPS) is 15.3. The Bertz CT molecular complexity index is 3840. The van der Waals surface area contributed by atoms with Gasteiger partial charge in [0, 0.05) is 5.56 Å². The largest absolute Gasteiger partial charge is 0.420 e. The fourth-order valence-corrected chi connectivity index (χ4v) is 10.4. The van der Waals surface area contributed by atoms with Crippen molar-refractivity contribution >= 4 is 66.8 Å². The van der Waals surface area contributed by atoms with Crippen molar-refractivity contribution < 1.29 is 4.42 Å².